The molecule has 6 nitrogen and oxygen atoms in total. The van der Waals surface area contributed by atoms with Gasteiger partial charge < -0.3 is 10.6 Å². The van der Waals surface area contributed by atoms with Gasteiger partial charge in [0.1, 0.15) is 0 Å². The minimum Gasteiger partial charge on any atom is -0.326 e. The zero-order valence-electron chi connectivity index (χ0n) is 13.8. The molecule has 2 unspecified atom stereocenters. The van der Waals surface area contributed by atoms with Gasteiger partial charge in [-0.1, -0.05) is 6.92 Å². The Balaban J connectivity index is 0.00000208. The van der Waals surface area contributed by atoms with Crippen LogP contribution in [-0.2, 0) is 4.79 Å². The Labute approximate surface area is 148 Å². The molecule has 1 aromatic carbocycles. The summed E-state index contributed by atoms with van der Waals surface area (Å²) < 4.78 is 0. The van der Waals surface area contributed by atoms with Crippen molar-refractivity contribution in [2.24, 2.45) is 11.8 Å². The number of aromatic nitrogens is 3. The van der Waals surface area contributed by atoms with Crippen molar-refractivity contribution in [3.63, 3.8) is 0 Å². The molecule has 0 radical (unpaired) electrons. The molecule has 2 heterocycles. The van der Waals surface area contributed by atoms with Crippen LogP contribution in [0, 0.1) is 11.8 Å². The molecule has 2 atom stereocenters. The highest BCUT2D eigenvalue weighted by molar-refractivity contribution is 5.90. The van der Waals surface area contributed by atoms with Crippen molar-refractivity contribution in [3.05, 3.63) is 36.7 Å². The largest absolute Gasteiger partial charge is 0.326 e. The van der Waals surface area contributed by atoms with E-state index in [0.717, 1.165) is 24.5 Å². The van der Waals surface area contributed by atoms with Gasteiger partial charge in [-0.05, 0) is 62.0 Å². The van der Waals surface area contributed by atoms with Crippen molar-refractivity contribution in [1.29, 1.82) is 0 Å². The van der Waals surface area contributed by atoms with Crippen LogP contribution in [0.2, 0.25) is 0 Å². The fourth-order valence-electron chi connectivity index (χ4n) is 3.06. The standard InChI is InChI=1S/C17H23N5O.ClH/c1-13(14-3-2-8-18-12-14)11-17(23)21-15-4-6-16(7-5-15)22-19-9-10-20-22;/h4-7,9-10,13-14,18H,2-3,8,11-12H2,1H3,(H,21,23);1H. The van der Waals surface area contributed by atoms with Crippen molar-refractivity contribution in [2.45, 2.75) is 26.2 Å². The van der Waals surface area contributed by atoms with Gasteiger partial charge in [0.15, 0.2) is 0 Å². The second kappa shape index (κ2) is 8.80. The van der Waals surface area contributed by atoms with Gasteiger partial charge >= 0.3 is 0 Å². The van der Waals surface area contributed by atoms with Gasteiger partial charge in [-0.3, -0.25) is 4.79 Å². The van der Waals surface area contributed by atoms with E-state index in [0.29, 0.717) is 18.3 Å². The Bertz CT molecular complexity index is 623. The third-order valence-electron chi connectivity index (χ3n) is 4.45. The second-order valence-corrected chi connectivity index (χ2v) is 6.20. The number of carbonyl (C=O) groups excluding carboxylic acids is 1. The zero-order chi connectivity index (χ0) is 16.1. The van der Waals surface area contributed by atoms with Crippen LogP contribution in [-0.4, -0.2) is 34.0 Å². The highest BCUT2D eigenvalue weighted by Crippen LogP contribution is 2.23. The number of nitrogens with one attached hydrogen (secondary N) is 2. The summed E-state index contributed by atoms with van der Waals surface area (Å²) in [5.74, 6) is 1.08. The summed E-state index contributed by atoms with van der Waals surface area (Å²) in [6.45, 7) is 4.30. The molecular weight excluding hydrogens is 326 g/mol. The van der Waals surface area contributed by atoms with Gasteiger partial charge in [0.25, 0.3) is 0 Å². The molecule has 1 aliphatic rings. The van der Waals surface area contributed by atoms with Crippen LogP contribution in [0.5, 0.6) is 0 Å². The summed E-state index contributed by atoms with van der Waals surface area (Å²) >= 11 is 0. The number of nitrogens with zero attached hydrogens (tertiary/aromatic N) is 3. The molecule has 2 aromatic rings. The smallest absolute Gasteiger partial charge is 0.224 e. The number of carbonyl (C=O) groups is 1. The molecule has 1 amide bonds. The molecule has 130 valence electrons. The Morgan fingerprint density at radius 3 is 2.67 bits per heavy atom. The van der Waals surface area contributed by atoms with E-state index in [-0.39, 0.29) is 18.3 Å². The highest BCUT2D eigenvalue weighted by atomic mass is 35.5. The summed E-state index contributed by atoms with van der Waals surface area (Å²) in [6, 6.07) is 7.54. The van der Waals surface area contributed by atoms with E-state index in [9.17, 15) is 4.79 Å². The van der Waals surface area contributed by atoms with Crippen molar-refractivity contribution in [1.82, 2.24) is 20.3 Å². The molecule has 0 saturated carbocycles. The maximum Gasteiger partial charge on any atom is 0.224 e. The van der Waals surface area contributed by atoms with Gasteiger partial charge in [-0.25, -0.2) is 0 Å². The minimum atomic E-state index is 0. The molecule has 3 rings (SSSR count). The topological polar surface area (TPSA) is 71.8 Å². The Morgan fingerprint density at radius 1 is 1.33 bits per heavy atom. The summed E-state index contributed by atoms with van der Waals surface area (Å²) in [7, 11) is 0. The number of anilines is 1. The molecule has 1 aliphatic heterocycles. The number of piperidine rings is 1. The predicted octanol–water partition coefficient (Wildman–Crippen LogP) is 2.65. The lowest BCUT2D eigenvalue weighted by atomic mass is 9.85. The molecule has 2 N–H and O–H groups in total. The summed E-state index contributed by atoms with van der Waals surface area (Å²) in [6.07, 6.45) is 6.26. The van der Waals surface area contributed by atoms with E-state index in [1.54, 1.807) is 17.2 Å². The summed E-state index contributed by atoms with van der Waals surface area (Å²) in [5.41, 5.74) is 1.68. The first-order valence-corrected chi connectivity index (χ1v) is 8.19. The summed E-state index contributed by atoms with van der Waals surface area (Å²) in [5, 5.41) is 14.5. The molecular formula is C17H24ClN5O. The fraction of sp³-hybridized carbons (Fsp3) is 0.471. The van der Waals surface area contributed by atoms with Crippen LogP contribution in [0.3, 0.4) is 0 Å². The van der Waals surface area contributed by atoms with Crippen LogP contribution >= 0.6 is 12.4 Å². The van der Waals surface area contributed by atoms with Crippen molar-refractivity contribution in [2.75, 3.05) is 18.4 Å². The molecule has 1 saturated heterocycles. The van der Waals surface area contributed by atoms with Gasteiger partial charge in [0.2, 0.25) is 5.91 Å². The van der Waals surface area contributed by atoms with Gasteiger partial charge in [0.05, 0.1) is 18.1 Å². The third kappa shape index (κ3) is 4.79. The lowest BCUT2D eigenvalue weighted by molar-refractivity contribution is -0.117. The lowest BCUT2D eigenvalue weighted by Gasteiger charge is -2.28. The second-order valence-electron chi connectivity index (χ2n) is 6.20. The van der Waals surface area contributed by atoms with Gasteiger partial charge in [-0.2, -0.15) is 15.0 Å². The van der Waals surface area contributed by atoms with E-state index in [1.165, 1.54) is 12.8 Å². The van der Waals surface area contributed by atoms with Crippen LogP contribution in [0.15, 0.2) is 36.7 Å². The van der Waals surface area contributed by atoms with Crippen LogP contribution in [0.1, 0.15) is 26.2 Å². The normalized spacial score (nSPS) is 18.5. The Kier molecular flexibility index (Phi) is 6.75. The third-order valence-corrected chi connectivity index (χ3v) is 4.45. The van der Waals surface area contributed by atoms with E-state index < -0.39 is 0 Å². The number of benzene rings is 1. The molecule has 1 aromatic heterocycles. The predicted molar refractivity (Wildman–Crippen MR) is 96.6 cm³/mol. The van der Waals surface area contributed by atoms with E-state index in [1.807, 2.05) is 24.3 Å². The van der Waals surface area contributed by atoms with Gasteiger partial charge in [0, 0.05) is 12.1 Å². The number of hydrogen-bond donors (Lipinski definition) is 2. The SMILES string of the molecule is CC(CC(=O)Nc1ccc(-n2nccn2)cc1)C1CCCNC1.Cl. The molecule has 24 heavy (non-hydrogen) atoms. The first-order valence-electron chi connectivity index (χ1n) is 8.19. The Morgan fingerprint density at radius 2 is 2.04 bits per heavy atom. The van der Waals surface area contributed by atoms with Gasteiger partial charge in [-0.15, -0.1) is 12.4 Å². The first-order chi connectivity index (χ1) is 11.2. The maximum absolute atomic E-state index is 12.2. The fourth-order valence-corrected chi connectivity index (χ4v) is 3.06. The quantitative estimate of drug-likeness (QED) is 0.870. The average Bonchev–Trinajstić information content (AvgIpc) is 3.11. The molecule has 7 heteroatoms. The van der Waals surface area contributed by atoms with E-state index in [4.69, 9.17) is 0 Å². The van der Waals surface area contributed by atoms with E-state index in [2.05, 4.69) is 27.8 Å². The summed E-state index contributed by atoms with van der Waals surface area (Å²) in [4.78, 5) is 13.8. The van der Waals surface area contributed by atoms with Crippen LogP contribution in [0.25, 0.3) is 5.69 Å². The highest BCUT2D eigenvalue weighted by Gasteiger charge is 2.21. The molecule has 0 aliphatic carbocycles. The monoisotopic (exact) mass is 349 g/mol. The average molecular weight is 350 g/mol. The minimum absolute atomic E-state index is 0. The van der Waals surface area contributed by atoms with Crippen molar-refractivity contribution in [3.8, 4) is 5.69 Å². The lowest BCUT2D eigenvalue weighted by Crippen LogP contribution is -2.34. The number of rotatable bonds is 5. The van der Waals surface area contributed by atoms with Crippen LogP contribution in [0.4, 0.5) is 5.69 Å². The van der Waals surface area contributed by atoms with Crippen molar-refractivity contribution >= 4 is 24.0 Å². The number of amides is 1. The maximum atomic E-state index is 12.2. The number of halogens is 1. The van der Waals surface area contributed by atoms with E-state index >= 15 is 0 Å². The number of hydrogen-bond acceptors (Lipinski definition) is 4. The molecule has 1 fully saturated rings. The molecule has 0 bridgehead atoms. The zero-order valence-corrected chi connectivity index (χ0v) is 14.6. The van der Waals surface area contributed by atoms with Crippen molar-refractivity contribution < 1.29 is 4.79 Å². The first kappa shape index (κ1) is 18.4. The molecule has 0 spiro atoms. The van der Waals surface area contributed by atoms with Crippen LogP contribution < -0.4 is 10.6 Å². The Hall–Kier alpha value is -1.92.